The Morgan fingerprint density at radius 2 is 1.07 bits per heavy atom. The van der Waals surface area contributed by atoms with Gasteiger partial charge in [-0.05, 0) is 64.9 Å². The van der Waals surface area contributed by atoms with Crippen LogP contribution in [-0.2, 0) is 23.8 Å². The number of para-hydroxylation sites is 1. The second-order valence-corrected chi connectivity index (χ2v) is 11.9. The van der Waals surface area contributed by atoms with Crippen LogP contribution in [0.5, 0.6) is 17.2 Å². The van der Waals surface area contributed by atoms with Gasteiger partial charge in [0, 0.05) is 23.7 Å². The van der Waals surface area contributed by atoms with Gasteiger partial charge in [-0.1, -0.05) is 82.0 Å². The third-order valence-electron chi connectivity index (χ3n) is 6.51. The third kappa shape index (κ3) is 13.6. The fraction of sp³-hybridized carbons (Fsp3) is 0.438. The molecule has 0 radical (unpaired) electrons. The van der Waals surface area contributed by atoms with Crippen molar-refractivity contribution in [2.75, 3.05) is 34.1 Å². The normalized spacial score (nSPS) is 11.6. The molecule has 0 aromatic heterocycles. The first-order chi connectivity index (χ1) is 19.8. The Morgan fingerprint density at radius 3 is 1.56 bits per heavy atom. The largest absolute Gasteiger partial charge is 0.805 e. The Kier molecular flexibility index (Phi) is 16.2. The molecule has 2 atom stereocenters. The molecule has 0 heterocycles. The van der Waals surface area contributed by atoms with Crippen LogP contribution in [0.4, 0.5) is 0 Å². The van der Waals surface area contributed by atoms with Crippen molar-refractivity contribution in [2.24, 2.45) is 0 Å². The highest BCUT2D eigenvalue weighted by molar-refractivity contribution is 7.38. The van der Waals surface area contributed by atoms with Gasteiger partial charge in [0.15, 0.2) is 18.2 Å². The van der Waals surface area contributed by atoms with Gasteiger partial charge in [0.2, 0.25) is 0 Å². The predicted octanol–water partition coefficient (Wildman–Crippen LogP) is 9.50. The molecule has 3 rings (SSSR count). The van der Waals surface area contributed by atoms with E-state index in [-0.39, 0.29) is 5.41 Å². The van der Waals surface area contributed by atoms with Gasteiger partial charge >= 0.3 is 16.3 Å². The predicted molar refractivity (Wildman–Crippen MR) is 166 cm³/mol. The molecule has 3 aromatic rings. The smallest absolute Gasteiger partial charge is 0.497 e. The monoisotopic (exact) mass is 602 g/mol. The van der Waals surface area contributed by atoms with Gasteiger partial charge in [-0.2, -0.15) is 0 Å². The summed E-state index contributed by atoms with van der Waals surface area (Å²) in [5.74, 6) is 1.85. The van der Waals surface area contributed by atoms with E-state index in [1.165, 1.54) is 31.2 Å². The molecular formula is C32H44O7P2+2. The lowest BCUT2D eigenvalue weighted by Gasteiger charge is -2.26. The minimum absolute atomic E-state index is 0.187. The second-order valence-electron chi connectivity index (χ2n) is 9.98. The molecule has 0 fully saturated rings. The number of rotatable bonds is 17. The standard InChI is InChI=1S/C22H22O4P.C10H22O3P/c1-22(2,17-9-13-19(24-3)14-10-17)18-11-15-21(16-12-18)26-27(23)25-20-7-5-4-6-8-20;1-12-9-7-5-3-4-6-8-10-13-14(2)11/h4-16H,1-3H3;3-10H2,1-2H3/q2*+1. The Hall–Kier alpha value is -2.82. The summed E-state index contributed by atoms with van der Waals surface area (Å²) in [6.45, 7) is 7.43. The van der Waals surface area contributed by atoms with Crippen LogP contribution in [0.25, 0.3) is 0 Å². The first-order valence-corrected chi connectivity index (χ1v) is 16.6. The summed E-state index contributed by atoms with van der Waals surface area (Å²) < 4.78 is 48.4. The Morgan fingerprint density at radius 1 is 0.610 bits per heavy atom. The van der Waals surface area contributed by atoms with Crippen LogP contribution in [0.3, 0.4) is 0 Å². The van der Waals surface area contributed by atoms with Crippen LogP contribution in [0.15, 0.2) is 78.9 Å². The molecule has 0 bridgehead atoms. The van der Waals surface area contributed by atoms with Crippen LogP contribution in [-0.4, -0.2) is 34.1 Å². The third-order valence-corrected chi connectivity index (χ3v) is 7.77. The van der Waals surface area contributed by atoms with Crippen LogP contribution in [0.2, 0.25) is 0 Å². The summed E-state index contributed by atoms with van der Waals surface area (Å²) in [7, 11) is -0.287. The van der Waals surface area contributed by atoms with E-state index in [1.54, 1.807) is 33.0 Å². The molecule has 41 heavy (non-hydrogen) atoms. The Balaban J connectivity index is 0.000000357. The zero-order chi connectivity index (χ0) is 29.9. The molecule has 0 N–H and O–H groups in total. The average molecular weight is 603 g/mol. The molecule has 2 unspecified atom stereocenters. The molecule has 0 spiro atoms. The van der Waals surface area contributed by atoms with E-state index in [1.807, 2.05) is 54.6 Å². The maximum absolute atomic E-state index is 12.0. The van der Waals surface area contributed by atoms with Crippen molar-refractivity contribution in [1.82, 2.24) is 0 Å². The number of unbranched alkanes of at least 4 members (excludes halogenated alkanes) is 5. The zero-order valence-electron chi connectivity index (χ0n) is 24.9. The molecule has 0 aliphatic rings. The lowest BCUT2D eigenvalue weighted by atomic mass is 9.78. The van der Waals surface area contributed by atoms with Gasteiger partial charge in [0.1, 0.15) is 12.4 Å². The quantitative estimate of drug-likeness (QED) is 0.112. The highest BCUT2D eigenvalue weighted by atomic mass is 31.1. The first kappa shape index (κ1) is 34.4. The summed E-state index contributed by atoms with van der Waals surface area (Å²) in [6, 6.07) is 24.6. The van der Waals surface area contributed by atoms with Crippen molar-refractivity contribution < 1.29 is 32.2 Å². The van der Waals surface area contributed by atoms with Crippen molar-refractivity contribution >= 4 is 16.3 Å². The van der Waals surface area contributed by atoms with E-state index in [4.69, 9.17) is 23.0 Å². The molecule has 222 valence electrons. The van der Waals surface area contributed by atoms with Crippen LogP contribution < -0.4 is 13.8 Å². The molecule has 0 aliphatic carbocycles. The maximum atomic E-state index is 12.0. The van der Waals surface area contributed by atoms with Crippen molar-refractivity contribution in [3.63, 3.8) is 0 Å². The Bertz CT molecular complexity index is 1150. The summed E-state index contributed by atoms with van der Waals surface area (Å²) in [6.07, 6.45) is 7.12. The van der Waals surface area contributed by atoms with Crippen molar-refractivity contribution in [3.05, 3.63) is 90.0 Å². The fourth-order valence-corrected chi connectivity index (χ4v) is 5.04. The molecule has 9 heteroatoms. The lowest BCUT2D eigenvalue weighted by molar-refractivity contribution is 0.192. The molecule has 3 aromatic carbocycles. The first-order valence-electron chi connectivity index (χ1n) is 13.9. The number of methoxy groups -OCH3 is 2. The number of benzene rings is 3. The topological polar surface area (TPSA) is 80.3 Å². The van der Waals surface area contributed by atoms with E-state index in [0.29, 0.717) is 18.1 Å². The van der Waals surface area contributed by atoms with Gasteiger partial charge < -0.3 is 9.47 Å². The van der Waals surface area contributed by atoms with Crippen molar-refractivity contribution in [1.29, 1.82) is 0 Å². The van der Waals surface area contributed by atoms with Gasteiger partial charge in [-0.3, -0.25) is 0 Å². The van der Waals surface area contributed by atoms with Gasteiger partial charge in [0.25, 0.3) is 0 Å². The van der Waals surface area contributed by atoms with Crippen molar-refractivity contribution in [3.8, 4) is 17.2 Å². The summed E-state index contributed by atoms with van der Waals surface area (Å²) in [4.78, 5) is 0. The number of hydrogen-bond acceptors (Lipinski definition) is 7. The van der Waals surface area contributed by atoms with Gasteiger partial charge in [0.05, 0.1) is 7.11 Å². The average Bonchev–Trinajstić information content (AvgIpc) is 2.97. The number of hydrogen-bond donors (Lipinski definition) is 0. The SMILES string of the molecule is COCCCCCCCCO[P+](C)=O.COc1ccc(C(C)(C)c2ccc(O[P+](=O)Oc3ccccc3)cc2)cc1. The van der Waals surface area contributed by atoms with Crippen molar-refractivity contribution in [2.45, 2.75) is 57.8 Å². The molecule has 0 amide bonds. The van der Waals surface area contributed by atoms with Gasteiger partial charge in [-0.15, -0.1) is 4.52 Å². The zero-order valence-corrected chi connectivity index (χ0v) is 26.7. The van der Waals surface area contributed by atoms with E-state index >= 15 is 0 Å². The van der Waals surface area contributed by atoms with E-state index in [9.17, 15) is 9.13 Å². The summed E-state index contributed by atoms with van der Waals surface area (Å²) >= 11 is 0. The summed E-state index contributed by atoms with van der Waals surface area (Å²) in [5.41, 5.74) is 2.11. The minimum atomic E-state index is -2.28. The molecular weight excluding hydrogens is 558 g/mol. The molecule has 0 aliphatic heterocycles. The highest BCUT2D eigenvalue weighted by Crippen LogP contribution is 2.35. The van der Waals surface area contributed by atoms with E-state index < -0.39 is 16.3 Å². The number of ether oxygens (including phenoxy) is 2. The van der Waals surface area contributed by atoms with E-state index in [2.05, 4.69) is 26.0 Å². The van der Waals surface area contributed by atoms with Crippen LogP contribution in [0, 0.1) is 0 Å². The van der Waals surface area contributed by atoms with Crippen LogP contribution in [0.1, 0.15) is 63.5 Å². The summed E-state index contributed by atoms with van der Waals surface area (Å²) in [5, 5.41) is 0. The molecule has 0 saturated carbocycles. The van der Waals surface area contributed by atoms with Crippen LogP contribution >= 0.6 is 16.3 Å². The fourth-order valence-electron chi connectivity index (χ4n) is 4.03. The minimum Gasteiger partial charge on any atom is -0.497 e. The molecule has 0 saturated heterocycles. The second kappa shape index (κ2) is 19.3. The molecule has 7 nitrogen and oxygen atoms in total. The van der Waals surface area contributed by atoms with Gasteiger partial charge in [-0.25, -0.2) is 9.05 Å². The Labute approximate surface area is 247 Å². The van der Waals surface area contributed by atoms with E-state index in [0.717, 1.165) is 30.8 Å². The maximum Gasteiger partial charge on any atom is 0.805 e. The lowest BCUT2D eigenvalue weighted by Crippen LogP contribution is -2.18. The highest BCUT2D eigenvalue weighted by Gasteiger charge is 2.26.